The predicted octanol–water partition coefficient (Wildman–Crippen LogP) is 6.96. The van der Waals surface area contributed by atoms with E-state index in [1.54, 1.807) is 24.3 Å². The number of benzene rings is 2. The van der Waals surface area contributed by atoms with Crippen molar-refractivity contribution in [2.75, 3.05) is 11.9 Å². The summed E-state index contributed by atoms with van der Waals surface area (Å²) in [6.07, 6.45) is 4.27. The lowest BCUT2D eigenvalue weighted by Gasteiger charge is -2.46. The molecule has 0 aromatic heterocycles. The van der Waals surface area contributed by atoms with E-state index < -0.39 is 5.41 Å². The largest absolute Gasteiger partial charge is 0.352 e. The minimum absolute atomic E-state index is 0.0414. The summed E-state index contributed by atoms with van der Waals surface area (Å²) in [5.74, 6) is -0.395. The number of amides is 3. The molecule has 0 unspecified atom stereocenters. The highest BCUT2D eigenvalue weighted by molar-refractivity contribution is 6.34. The quantitative estimate of drug-likeness (QED) is 0.421. The molecule has 0 spiro atoms. The maximum absolute atomic E-state index is 13.7. The Morgan fingerprint density at radius 2 is 1.69 bits per heavy atom. The average Bonchev–Trinajstić information content (AvgIpc) is 2.85. The van der Waals surface area contributed by atoms with Crippen LogP contribution < -0.4 is 10.6 Å². The van der Waals surface area contributed by atoms with Gasteiger partial charge in [0.1, 0.15) is 0 Å². The van der Waals surface area contributed by atoms with Crippen molar-refractivity contribution in [2.45, 2.75) is 92.2 Å². The molecule has 3 amide bonds. The van der Waals surface area contributed by atoms with Crippen LogP contribution >= 0.6 is 11.6 Å². The van der Waals surface area contributed by atoms with Gasteiger partial charge in [-0.1, -0.05) is 72.2 Å². The molecule has 1 saturated carbocycles. The number of hydrogen-bond acceptors (Lipinski definition) is 3. The minimum Gasteiger partial charge on any atom is -0.352 e. The van der Waals surface area contributed by atoms with Crippen LogP contribution in [0, 0.1) is 10.8 Å². The average molecular weight is 552 g/mol. The van der Waals surface area contributed by atoms with Crippen LogP contribution in [0.3, 0.4) is 0 Å². The fraction of sp³-hybridized carbons (Fsp3) is 0.531. The number of halogens is 1. The molecule has 0 saturated heterocycles. The van der Waals surface area contributed by atoms with Gasteiger partial charge >= 0.3 is 0 Å². The predicted molar refractivity (Wildman–Crippen MR) is 157 cm³/mol. The highest BCUT2D eigenvalue weighted by Crippen LogP contribution is 2.41. The third-order valence-electron chi connectivity index (χ3n) is 8.22. The zero-order valence-corrected chi connectivity index (χ0v) is 25.1. The third-order valence-corrected chi connectivity index (χ3v) is 8.55. The number of nitrogens with one attached hydrogen (secondary N) is 2. The lowest BCUT2D eigenvalue weighted by atomic mass is 9.73. The van der Waals surface area contributed by atoms with E-state index in [1.165, 1.54) is 0 Å². The van der Waals surface area contributed by atoms with Crippen molar-refractivity contribution in [3.05, 3.63) is 63.7 Å². The molecule has 4 rings (SSSR count). The first-order valence-corrected chi connectivity index (χ1v) is 14.3. The van der Waals surface area contributed by atoms with Crippen LogP contribution in [0.25, 0.3) is 0 Å². The topological polar surface area (TPSA) is 78.5 Å². The highest BCUT2D eigenvalue weighted by Gasteiger charge is 2.41. The van der Waals surface area contributed by atoms with Gasteiger partial charge in [-0.05, 0) is 66.5 Å². The first-order chi connectivity index (χ1) is 18.1. The summed E-state index contributed by atoms with van der Waals surface area (Å²) >= 11 is 6.38. The van der Waals surface area contributed by atoms with Gasteiger partial charge in [-0.15, -0.1) is 0 Å². The molecule has 0 bridgehead atoms. The normalized spacial score (nSPS) is 18.9. The summed E-state index contributed by atoms with van der Waals surface area (Å²) in [7, 11) is 0. The SMILES string of the molecule is CC1(C)CCC(N2CC(C)(C)c3ccc(NC(=O)c4cc(CNC(=O)C(C)(C)C)ccc4Cl)cc3C2=O)CC1. The van der Waals surface area contributed by atoms with E-state index in [9.17, 15) is 14.4 Å². The maximum atomic E-state index is 13.7. The van der Waals surface area contributed by atoms with E-state index in [4.69, 9.17) is 11.6 Å². The van der Waals surface area contributed by atoms with Gasteiger partial charge in [0.05, 0.1) is 10.6 Å². The molecule has 2 aromatic carbocycles. The molecule has 1 fully saturated rings. The zero-order chi connectivity index (χ0) is 28.8. The van der Waals surface area contributed by atoms with E-state index in [0.717, 1.165) is 36.8 Å². The van der Waals surface area contributed by atoms with Crippen LogP contribution in [-0.4, -0.2) is 35.2 Å². The van der Waals surface area contributed by atoms with Crippen LogP contribution in [-0.2, 0) is 16.8 Å². The Hall–Kier alpha value is -2.86. The van der Waals surface area contributed by atoms with Gasteiger partial charge in [0, 0.05) is 41.2 Å². The van der Waals surface area contributed by atoms with Gasteiger partial charge in [0.15, 0.2) is 0 Å². The Labute approximate surface area is 237 Å². The third kappa shape index (κ3) is 6.49. The van der Waals surface area contributed by atoms with Crippen LogP contribution in [0.15, 0.2) is 36.4 Å². The van der Waals surface area contributed by atoms with E-state index in [2.05, 4.69) is 43.2 Å². The van der Waals surface area contributed by atoms with Crippen molar-refractivity contribution in [1.82, 2.24) is 10.2 Å². The fourth-order valence-electron chi connectivity index (χ4n) is 5.62. The number of carbonyl (C=O) groups excluding carboxylic acids is 3. The molecular formula is C32H42ClN3O3. The monoisotopic (exact) mass is 551 g/mol. The molecule has 1 aliphatic heterocycles. The molecule has 39 heavy (non-hydrogen) atoms. The first kappa shape index (κ1) is 29.1. The highest BCUT2D eigenvalue weighted by atomic mass is 35.5. The van der Waals surface area contributed by atoms with Crippen molar-refractivity contribution < 1.29 is 14.4 Å². The number of carbonyl (C=O) groups is 3. The zero-order valence-electron chi connectivity index (χ0n) is 24.3. The summed E-state index contributed by atoms with van der Waals surface area (Å²) in [5, 5.41) is 6.16. The smallest absolute Gasteiger partial charge is 0.257 e. The van der Waals surface area contributed by atoms with E-state index in [0.29, 0.717) is 40.3 Å². The summed E-state index contributed by atoms with van der Waals surface area (Å²) < 4.78 is 0. The molecule has 2 aliphatic rings. The van der Waals surface area contributed by atoms with Gasteiger partial charge in [0.2, 0.25) is 5.91 Å². The van der Waals surface area contributed by atoms with Gasteiger partial charge in [-0.25, -0.2) is 0 Å². The van der Waals surface area contributed by atoms with Crippen molar-refractivity contribution in [3.63, 3.8) is 0 Å². The van der Waals surface area contributed by atoms with E-state index in [1.807, 2.05) is 32.9 Å². The summed E-state index contributed by atoms with van der Waals surface area (Å²) in [5.41, 5.74) is 2.94. The molecule has 210 valence electrons. The van der Waals surface area contributed by atoms with Gasteiger partial charge in [0.25, 0.3) is 11.8 Å². The standard InChI is InChI=1S/C32H42ClN3O3/c1-30(2,3)29(39)34-18-20-8-11-26(33)24(16-20)27(37)35-21-9-10-25-23(17-21)28(38)36(19-32(25,6)7)22-12-14-31(4,5)15-13-22/h8-11,16-17,22H,12-15,18-19H2,1-7H3,(H,34,39)(H,35,37). The number of hydrogen-bond donors (Lipinski definition) is 2. The second kappa shape index (κ2) is 10.6. The Kier molecular flexibility index (Phi) is 7.92. The lowest BCUT2D eigenvalue weighted by Crippen LogP contribution is -2.52. The number of rotatable bonds is 5. The Morgan fingerprint density at radius 1 is 1.03 bits per heavy atom. The summed E-state index contributed by atoms with van der Waals surface area (Å²) in [6.45, 7) is 15.5. The first-order valence-electron chi connectivity index (χ1n) is 13.9. The van der Waals surface area contributed by atoms with Crippen molar-refractivity contribution >= 4 is 35.0 Å². The Balaban J connectivity index is 1.53. The van der Waals surface area contributed by atoms with Crippen molar-refractivity contribution in [2.24, 2.45) is 10.8 Å². The van der Waals surface area contributed by atoms with Crippen molar-refractivity contribution in [3.8, 4) is 0 Å². The minimum atomic E-state index is -0.506. The van der Waals surface area contributed by atoms with Crippen LogP contribution in [0.4, 0.5) is 5.69 Å². The van der Waals surface area contributed by atoms with E-state index >= 15 is 0 Å². The van der Waals surface area contributed by atoms with Gasteiger partial charge in [-0.2, -0.15) is 0 Å². The van der Waals surface area contributed by atoms with Crippen molar-refractivity contribution in [1.29, 1.82) is 0 Å². The maximum Gasteiger partial charge on any atom is 0.257 e. The number of fused-ring (bicyclic) bond motifs is 1. The molecule has 1 heterocycles. The van der Waals surface area contributed by atoms with Gasteiger partial charge in [-0.3, -0.25) is 14.4 Å². The summed E-state index contributed by atoms with van der Waals surface area (Å²) in [6, 6.07) is 11.0. The Bertz CT molecular complexity index is 1280. The molecule has 2 N–H and O–H groups in total. The summed E-state index contributed by atoms with van der Waals surface area (Å²) in [4.78, 5) is 41.3. The molecule has 0 atom stereocenters. The molecule has 1 aliphatic carbocycles. The molecule has 6 nitrogen and oxygen atoms in total. The molecule has 7 heteroatoms. The van der Waals surface area contributed by atoms with Crippen LogP contribution in [0.5, 0.6) is 0 Å². The number of anilines is 1. The van der Waals surface area contributed by atoms with Crippen LogP contribution in [0.2, 0.25) is 5.02 Å². The molecule has 0 radical (unpaired) electrons. The van der Waals surface area contributed by atoms with E-state index in [-0.39, 0.29) is 29.2 Å². The Morgan fingerprint density at radius 3 is 2.33 bits per heavy atom. The fourth-order valence-corrected chi connectivity index (χ4v) is 5.82. The second-order valence-electron chi connectivity index (χ2n) is 13.7. The molecule has 2 aromatic rings. The molecular weight excluding hydrogens is 510 g/mol. The second-order valence-corrected chi connectivity index (χ2v) is 14.1. The number of nitrogens with zero attached hydrogens (tertiary/aromatic N) is 1. The van der Waals surface area contributed by atoms with Crippen LogP contribution in [0.1, 0.15) is 106 Å². The lowest BCUT2D eigenvalue weighted by molar-refractivity contribution is -0.128. The van der Waals surface area contributed by atoms with Gasteiger partial charge < -0.3 is 15.5 Å².